The van der Waals surface area contributed by atoms with E-state index in [0.29, 0.717) is 38.5 Å². The Balaban J connectivity index is 1.36. The van der Waals surface area contributed by atoms with Gasteiger partial charge in [0.05, 0.1) is 12.7 Å². The van der Waals surface area contributed by atoms with Crippen molar-refractivity contribution in [2.24, 2.45) is 5.92 Å². The van der Waals surface area contributed by atoms with Crippen LogP contribution in [0.4, 0.5) is 4.39 Å². The highest BCUT2D eigenvalue weighted by Gasteiger charge is 2.48. The summed E-state index contributed by atoms with van der Waals surface area (Å²) in [6.07, 6.45) is 6.16. The zero-order valence-corrected chi connectivity index (χ0v) is 14.6. The maximum atomic E-state index is 14.4. The fraction of sp³-hybridized carbons (Fsp3) is 0.684. The topological polar surface area (TPSA) is 45.7 Å². The van der Waals surface area contributed by atoms with Gasteiger partial charge in [0.15, 0.2) is 5.67 Å². The van der Waals surface area contributed by atoms with Gasteiger partial charge in [-0.15, -0.1) is 0 Å². The number of ether oxygens (including phenoxy) is 1. The number of pyridine rings is 1. The highest BCUT2D eigenvalue weighted by atomic mass is 19.1. The van der Waals surface area contributed by atoms with Gasteiger partial charge < -0.3 is 9.64 Å². The first-order valence-electron chi connectivity index (χ1n) is 9.35. The molecule has 0 bridgehead atoms. The molecule has 0 spiro atoms. The minimum Gasteiger partial charge on any atom is -0.375 e. The molecular weight excluding hydrogens is 321 g/mol. The predicted octanol–water partition coefficient (Wildman–Crippen LogP) is 2.02. The van der Waals surface area contributed by atoms with Gasteiger partial charge in [0.25, 0.3) is 5.91 Å². The van der Waals surface area contributed by atoms with Gasteiger partial charge in [-0.3, -0.25) is 14.7 Å². The molecule has 2 atom stereocenters. The van der Waals surface area contributed by atoms with Crippen molar-refractivity contribution in [3.05, 3.63) is 30.1 Å². The highest BCUT2D eigenvalue weighted by molar-refractivity contribution is 5.86. The minimum atomic E-state index is -1.59. The van der Waals surface area contributed by atoms with Crippen LogP contribution in [0.2, 0.25) is 0 Å². The SMILES string of the molecule is O=C(N1CC[C@@H]2CN(Cc3ccncc3)CCO[C@@H]2C1)C1(F)CCC1. The molecule has 2 saturated heterocycles. The van der Waals surface area contributed by atoms with E-state index in [-0.39, 0.29) is 12.0 Å². The van der Waals surface area contributed by atoms with Gasteiger partial charge in [0.1, 0.15) is 0 Å². The fourth-order valence-electron chi connectivity index (χ4n) is 4.18. The Morgan fingerprint density at radius 3 is 2.80 bits per heavy atom. The molecule has 3 fully saturated rings. The first-order chi connectivity index (χ1) is 12.1. The Morgan fingerprint density at radius 2 is 2.08 bits per heavy atom. The Bertz CT molecular complexity index is 608. The van der Waals surface area contributed by atoms with E-state index >= 15 is 0 Å². The van der Waals surface area contributed by atoms with Crippen LogP contribution in [0.25, 0.3) is 0 Å². The van der Waals surface area contributed by atoms with E-state index in [9.17, 15) is 9.18 Å². The van der Waals surface area contributed by atoms with Gasteiger partial charge in [-0.2, -0.15) is 0 Å². The molecule has 25 heavy (non-hydrogen) atoms. The molecular formula is C19H26FN3O2. The molecule has 6 heteroatoms. The standard InChI is InChI=1S/C19H26FN3O2/c20-19(5-1-6-19)18(24)23-9-4-16-13-22(10-11-25-17(16)14-23)12-15-2-7-21-8-3-15/h2-3,7-8,16-17H,1,4-6,9-14H2/t16-,17-/m1/s1. The first kappa shape index (κ1) is 16.9. The molecule has 0 radical (unpaired) electrons. The smallest absolute Gasteiger partial charge is 0.260 e. The predicted molar refractivity (Wildman–Crippen MR) is 91.6 cm³/mol. The monoisotopic (exact) mass is 347 g/mol. The number of carbonyl (C=O) groups is 1. The molecule has 5 nitrogen and oxygen atoms in total. The molecule has 4 rings (SSSR count). The number of hydrogen-bond donors (Lipinski definition) is 0. The Labute approximate surface area is 148 Å². The summed E-state index contributed by atoms with van der Waals surface area (Å²) in [5.41, 5.74) is -0.337. The van der Waals surface area contributed by atoms with E-state index in [0.717, 1.165) is 32.5 Å². The van der Waals surface area contributed by atoms with Crippen molar-refractivity contribution in [3.63, 3.8) is 0 Å². The van der Waals surface area contributed by atoms with Crippen LogP contribution in [-0.4, -0.2) is 65.2 Å². The molecule has 136 valence electrons. The van der Waals surface area contributed by atoms with Crippen molar-refractivity contribution in [3.8, 4) is 0 Å². The molecule has 1 aromatic heterocycles. The first-order valence-corrected chi connectivity index (χ1v) is 9.35. The van der Waals surface area contributed by atoms with Crippen LogP contribution in [0.3, 0.4) is 0 Å². The van der Waals surface area contributed by atoms with E-state index < -0.39 is 5.67 Å². The summed E-state index contributed by atoms with van der Waals surface area (Å²) in [5, 5.41) is 0. The summed E-state index contributed by atoms with van der Waals surface area (Å²) >= 11 is 0. The Kier molecular flexibility index (Phi) is 4.73. The van der Waals surface area contributed by atoms with Crippen LogP contribution in [0.5, 0.6) is 0 Å². The number of piperidine rings is 1. The van der Waals surface area contributed by atoms with Crippen LogP contribution in [0.1, 0.15) is 31.2 Å². The zero-order chi connectivity index (χ0) is 17.3. The summed E-state index contributed by atoms with van der Waals surface area (Å²) in [4.78, 5) is 20.6. The van der Waals surface area contributed by atoms with Crippen LogP contribution in [0, 0.1) is 5.92 Å². The van der Waals surface area contributed by atoms with Gasteiger partial charge in [0, 0.05) is 51.0 Å². The fourth-order valence-corrected chi connectivity index (χ4v) is 4.18. The molecule has 1 aromatic rings. The van der Waals surface area contributed by atoms with E-state index in [1.54, 1.807) is 4.90 Å². The molecule has 2 aliphatic heterocycles. The summed E-state index contributed by atoms with van der Waals surface area (Å²) in [5.74, 6) is 0.101. The average Bonchev–Trinajstić information content (AvgIpc) is 2.81. The van der Waals surface area contributed by atoms with E-state index in [2.05, 4.69) is 9.88 Å². The summed E-state index contributed by atoms with van der Waals surface area (Å²) in [6.45, 7) is 4.60. The third-order valence-electron chi connectivity index (χ3n) is 5.90. The Morgan fingerprint density at radius 1 is 1.28 bits per heavy atom. The molecule has 0 unspecified atom stereocenters. The average molecular weight is 347 g/mol. The van der Waals surface area contributed by atoms with Crippen LogP contribution in [-0.2, 0) is 16.1 Å². The Hall–Kier alpha value is -1.53. The number of hydrogen-bond acceptors (Lipinski definition) is 4. The van der Waals surface area contributed by atoms with E-state index in [1.165, 1.54) is 5.56 Å². The third kappa shape index (κ3) is 3.55. The van der Waals surface area contributed by atoms with Crippen LogP contribution < -0.4 is 0 Å². The van der Waals surface area contributed by atoms with Crippen molar-refractivity contribution < 1.29 is 13.9 Å². The second-order valence-corrected chi connectivity index (χ2v) is 7.62. The lowest BCUT2D eigenvalue weighted by molar-refractivity contribution is -0.155. The van der Waals surface area contributed by atoms with Crippen molar-refractivity contribution in [2.75, 3.05) is 32.8 Å². The lowest BCUT2D eigenvalue weighted by Gasteiger charge is -2.42. The number of fused-ring (bicyclic) bond motifs is 1. The second kappa shape index (κ2) is 7.00. The number of likely N-dealkylation sites (tertiary alicyclic amines) is 1. The lowest BCUT2D eigenvalue weighted by Crippen LogP contribution is -2.56. The summed E-state index contributed by atoms with van der Waals surface area (Å²) in [7, 11) is 0. The van der Waals surface area contributed by atoms with E-state index in [1.807, 2.05) is 24.5 Å². The van der Waals surface area contributed by atoms with Crippen molar-refractivity contribution in [1.29, 1.82) is 0 Å². The number of aromatic nitrogens is 1. The number of rotatable bonds is 3. The van der Waals surface area contributed by atoms with E-state index in [4.69, 9.17) is 4.74 Å². The molecule has 1 amide bonds. The third-order valence-corrected chi connectivity index (χ3v) is 5.90. The van der Waals surface area contributed by atoms with Crippen molar-refractivity contribution >= 4 is 5.91 Å². The van der Waals surface area contributed by atoms with Crippen molar-refractivity contribution in [2.45, 2.75) is 44.0 Å². The highest BCUT2D eigenvalue weighted by Crippen LogP contribution is 2.38. The molecule has 0 aromatic carbocycles. The lowest BCUT2D eigenvalue weighted by atomic mass is 9.80. The quantitative estimate of drug-likeness (QED) is 0.839. The van der Waals surface area contributed by atoms with Crippen molar-refractivity contribution in [1.82, 2.24) is 14.8 Å². The van der Waals surface area contributed by atoms with Gasteiger partial charge in [-0.25, -0.2) is 4.39 Å². The maximum absolute atomic E-state index is 14.4. The van der Waals surface area contributed by atoms with Gasteiger partial charge in [-0.1, -0.05) is 0 Å². The zero-order valence-electron chi connectivity index (χ0n) is 14.6. The molecule has 3 aliphatic rings. The summed E-state index contributed by atoms with van der Waals surface area (Å²) < 4.78 is 20.5. The molecule has 0 N–H and O–H groups in total. The maximum Gasteiger partial charge on any atom is 0.260 e. The molecule has 1 aliphatic carbocycles. The number of amides is 1. The van der Waals surface area contributed by atoms with Gasteiger partial charge in [-0.05, 0) is 43.4 Å². The number of carbonyl (C=O) groups excluding carboxylic acids is 1. The normalized spacial score (nSPS) is 29.4. The summed E-state index contributed by atoms with van der Waals surface area (Å²) in [6, 6.07) is 4.09. The van der Waals surface area contributed by atoms with Gasteiger partial charge >= 0.3 is 0 Å². The van der Waals surface area contributed by atoms with Crippen LogP contribution in [0.15, 0.2) is 24.5 Å². The second-order valence-electron chi connectivity index (χ2n) is 7.62. The van der Waals surface area contributed by atoms with Crippen LogP contribution >= 0.6 is 0 Å². The minimum absolute atomic E-state index is 0.0313. The number of halogens is 1. The molecule has 3 heterocycles. The number of nitrogens with zero attached hydrogens (tertiary/aromatic N) is 3. The molecule has 1 saturated carbocycles. The number of alkyl halides is 1. The largest absolute Gasteiger partial charge is 0.375 e. The van der Waals surface area contributed by atoms with Gasteiger partial charge in [0.2, 0.25) is 0 Å².